The Morgan fingerprint density at radius 3 is 2.52 bits per heavy atom. The fraction of sp³-hybridized carbons (Fsp3) is 0.182. The van der Waals surface area contributed by atoms with E-state index in [1.165, 1.54) is 16.7 Å². The fourth-order valence-corrected chi connectivity index (χ4v) is 3.27. The van der Waals surface area contributed by atoms with Gasteiger partial charge in [-0.3, -0.25) is 0 Å². The van der Waals surface area contributed by atoms with Crippen LogP contribution in [-0.4, -0.2) is 17.2 Å². The van der Waals surface area contributed by atoms with Crippen molar-refractivity contribution in [2.45, 2.75) is 19.9 Å². The summed E-state index contributed by atoms with van der Waals surface area (Å²) >= 11 is 5.57. The molecule has 0 spiro atoms. The van der Waals surface area contributed by atoms with Gasteiger partial charge in [0.05, 0.1) is 13.2 Å². The Kier molecular flexibility index (Phi) is 6.04. The molecular weight excluding hydrogens is 354 g/mol. The summed E-state index contributed by atoms with van der Waals surface area (Å²) in [7, 11) is 1.61. The van der Waals surface area contributed by atoms with Gasteiger partial charge in [0.15, 0.2) is 16.7 Å². The second-order valence-electron chi connectivity index (χ2n) is 6.36. The molecule has 3 aromatic rings. The van der Waals surface area contributed by atoms with Gasteiger partial charge in [0.25, 0.3) is 0 Å². The topological polar surface area (TPSA) is 46.2 Å². The van der Waals surface area contributed by atoms with E-state index in [1.54, 1.807) is 13.3 Å². The molecule has 0 aliphatic carbocycles. The monoisotopic (exact) mass is 377 g/mol. The summed E-state index contributed by atoms with van der Waals surface area (Å²) in [5.41, 5.74) is 4.78. The minimum absolute atomic E-state index is 0.0680. The molecule has 0 saturated heterocycles. The summed E-state index contributed by atoms with van der Waals surface area (Å²) in [6, 6.07) is 20.3. The normalized spacial score (nSPS) is 11.5. The summed E-state index contributed by atoms with van der Waals surface area (Å²) in [4.78, 5) is 4.31. The standard InChI is InChI=1S/C22H23N3OS/c1-15-11-12-18(16(2)14-15)20(17-8-5-4-6-9-17)24-22(27)25-21-19(26-3)10-7-13-23-21/h4-14,20H,1-3H3,(H2,23,24,25,27). The Bertz CT molecular complexity index is 928. The average Bonchev–Trinajstić information content (AvgIpc) is 2.68. The lowest BCUT2D eigenvalue weighted by Crippen LogP contribution is -2.33. The fourth-order valence-electron chi connectivity index (χ4n) is 3.06. The maximum absolute atomic E-state index is 5.57. The molecule has 0 saturated carbocycles. The number of aryl methyl sites for hydroxylation is 2. The van der Waals surface area contributed by atoms with Crippen molar-refractivity contribution in [3.8, 4) is 5.75 Å². The molecule has 0 radical (unpaired) electrons. The molecule has 2 aromatic carbocycles. The highest BCUT2D eigenvalue weighted by molar-refractivity contribution is 7.80. The van der Waals surface area contributed by atoms with Gasteiger partial charge in [0, 0.05) is 6.20 Å². The molecule has 0 fully saturated rings. The first kappa shape index (κ1) is 18.9. The summed E-state index contributed by atoms with van der Waals surface area (Å²) < 4.78 is 5.34. The van der Waals surface area contributed by atoms with E-state index in [2.05, 4.69) is 59.8 Å². The van der Waals surface area contributed by atoms with Crippen LogP contribution >= 0.6 is 12.2 Å². The van der Waals surface area contributed by atoms with Gasteiger partial charge < -0.3 is 15.4 Å². The van der Waals surface area contributed by atoms with E-state index in [4.69, 9.17) is 17.0 Å². The number of nitrogens with one attached hydrogen (secondary N) is 2. The minimum Gasteiger partial charge on any atom is -0.493 e. The summed E-state index contributed by atoms with van der Waals surface area (Å²) in [6.45, 7) is 4.22. The van der Waals surface area contributed by atoms with Crippen LogP contribution in [0.25, 0.3) is 0 Å². The molecule has 138 valence electrons. The smallest absolute Gasteiger partial charge is 0.174 e. The summed E-state index contributed by atoms with van der Waals surface area (Å²) in [6.07, 6.45) is 1.70. The second-order valence-corrected chi connectivity index (χ2v) is 6.76. The Morgan fingerprint density at radius 2 is 1.81 bits per heavy atom. The lowest BCUT2D eigenvalue weighted by atomic mass is 9.94. The molecular formula is C22H23N3OS. The van der Waals surface area contributed by atoms with Crippen LogP contribution in [0.15, 0.2) is 66.9 Å². The van der Waals surface area contributed by atoms with E-state index in [0.717, 1.165) is 5.56 Å². The zero-order valence-electron chi connectivity index (χ0n) is 15.7. The number of ether oxygens (including phenoxy) is 1. The number of hydrogen-bond acceptors (Lipinski definition) is 3. The number of pyridine rings is 1. The van der Waals surface area contributed by atoms with E-state index in [9.17, 15) is 0 Å². The maximum Gasteiger partial charge on any atom is 0.174 e. The zero-order chi connectivity index (χ0) is 19.2. The summed E-state index contributed by atoms with van der Waals surface area (Å²) in [5.74, 6) is 1.23. The van der Waals surface area contributed by atoms with Crippen molar-refractivity contribution in [3.05, 3.63) is 89.1 Å². The van der Waals surface area contributed by atoms with E-state index >= 15 is 0 Å². The van der Waals surface area contributed by atoms with Crippen molar-refractivity contribution in [3.63, 3.8) is 0 Å². The molecule has 0 aliphatic rings. The van der Waals surface area contributed by atoms with Crippen LogP contribution in [0.5, 0.6) is 5.75 Å². The number of rotatable bonds is 5. The van der Waals surface area contributed by atoms with Crippen LogP contribution in [0, 0.1) is 13.8 Å². The molecule has 3 rings (SSSR count). The molecule has 0 aliphatic heterocycles. The van der Waals surface area contributed by atoms with Gasteiger partial charge in [-0.2, -0.15) is 0 Å². The van der Waals surface area contributed by atoms with E-state index in [0.29, 0.717) is 16.7 Å². The predicted molar refractivity (Wildman–Crippen MR) is 114 cm³/mol. The number of methoxy groups -OCH3 is 1. The predicted octanol–water partition coefficient (Wildman–Crippen LogP) is 4.78. The first-order valence-electron chi connectivity index (χ1n) is 8.77. The van der Waals surface area contributed by atoms with Crippen LogP contribution < -0.4 is 15.4 Å². The van der Waals surface area contributed by atoms with Gasteiger partial charge in [-0.15, -0.1) is 0 Å². The van der Waals surface area contributed by atoms with Gasteiger partial charge in [0.1, 0.15) is 0 Å². The molecule has 27 heavy (non-hydrogen) atoms. The van der Waals surface area contributed by atoms with Crippen LogP contribution in [0.4, 0.5) is 5.82 Å². The zero-order valence-corrected chi connectivity index (χ0v) is 16.5. The quantitative estimate of drug-likeness (QED) is 0.627. The van der Waals surface area contributed by atoms with Crippen molar-refractivity contribution >= 4 is 23.1 Å². The largest absolute Gasteiger partial charge is 0.493 e. The van der Waals surface area contributed by atoms with Crippen molar-refractivity contribution in [1.29, 1.82) is 0 Å². The third kappa shape index (κ3) is 4.63. The van der Waals surface area contributed by atoms with Crippen molar-refractivity contribution in [2.75, 3.05) is 12.4 Å². The van der Waals surface area contributed by atoms with E-state index in [1.807, 2.05) is 30.3 Å². The third-order valence-electron chi connectivity index (χ3n) is 4.37. The SMILES string of the molecule is COc1cccnc1NC(=S)NC(c1ccccc1)c1ccc(C)cc1C. The van der Waals surface area contributed by atoms with Gasteiger partial charge in [0.2, 0.25) is 0 Å². The number of anilines is 1. The first-order valence-corrected chi connectivity index (χ1v) is 9.18. The number of nitrogens with zero attached hydrogens (tertiary/aromatic N) is 1. The van der Waals surface area contributed by atoms with Gasteiger partial charge >= 0.3 is 0 Å². The lowest BCUT2D eigenvalue weighted by Gasteiger charge is -2.24. The van der Waals surface area contributed by atoms with Gasteiger partial charge in [-0.25, -0.2) is 4.98 Å². The molecule has 0 amide bonds. The molecule has 1 atom stereocenters. The highest BCUT2D eigenvalue weighted by Crippen LogP contribution is 2.26. The molecule has 0 bridgehead atoms. The van der Waals surface area contributed by atoms with Crippen LogP contribution in [0.1, 0.15) is 28.3 Å². The number of thiocarbonyl (C=S) groups is 1. The maximum atomic E-state index is 5.57. The van der Waals surface area contributed by atoms with Gasteiger partial charge in [-0.1, -0.05) is 54.1 Å². The van der Waals surface area contributed by atoms with Crippen LogP contribution in [-0.2, 0) is 0 Å². The highest BCUT2D eigenvalue weighted by atomic mass is 32.1. The molecule has 5 heteroatoms. The van der Waals surface area contributed by atoms with Crippen LogP contribution in [0.3, 0.4) is 0 Å². The minimum atomic E-state index is -0.0680. The third-order valence-corrected chi connectivity index (χ3v) is 4.59. The Labute approximate surface area is 165 Å². The second kappa shape index (κ2) is 8.64. The van der Waals surface area contributed by atoms with Crippen LogP contribution in [0.2, 0.25) is 0 Å². The number of aromatic nitrogens is 1. The molecule has 4 nitrogen and oxygen atoms in total. The highest BCUT2D eigenvalue weighted by Gasteiger charge is 2.18. The number of benzene rings is 2. The molecule has 1 aromatic heterocycles. The van der Waals surface area contributed by atoms with Crippen molar-refractivity contribution < 1.29 is 4.74 Å². The number of hydrogen-bond donors (Lipinski definition) is 2. The van der Waals surface area contributed by atoms with Crippen molar-refractivity contribution in [2.24, 2.45) is 0 Å². The van der Waals surface area contributed by atoms with E-state index in [-0.39, 0.29) is 6.04 Å². The van der Waals surface area contributed by atoms with Crippen molar-refractivity contribution in [1.82, 2.24) is 10.3 Å². The molecule has 2 N–H and O–H groups in total. The average molecular weight is 378 g/mol. The Balaban J connectivity index is 1.88. The molecule has 1 heterocycles. The Hall–Kier alpha value is -2.92. The Morgan fingerprint density at radius 1 is 1.04 bits per heavy atom. The lowest BCUT2D eigenvalue weighted by molar-refractivity contribution is 0.415. The molecule has 1 unspecified atom stereocenters. The van der Waals surface area contributed by atoms with Gasteiger partial charge in [-0.05, 0) is 54.9 Å². The summed E-state index contributed by atoms with van der Waals surface area (Å²) in [5, 5.41) is 7.07. The van der Waals surface area contributed by atoms with E-state index < -0.39 is 0 Å². The first-order chi connectivity index (χ1) is 13.1.